The SMILES string of the molecule is COc1cc(NC(=O)CCN2CCCN(C(=O)OCC(C)C)CC2)cc(OC)c1OC. The topological polar surface area (TPSA) is 89.6 Å². The van der Waals surface area contributed by atoms with Gasteiger partial charge in [-0.25, -0.2) is 4.79 Å². The molecule has 0 atom stereocenters. The average molecular weight is 438 g/mol. The van der Waals surface area contributed by atoms with Crippen molar-refractivity contribution in [3.8, 4) is 17.2 Å². The molecule has 9 heteroatoms. The first-order valence-corrected chi connectivity index (χ1v) is 10.6. The van der Waals surface area contributed by atoms with E-state index in [1.54, 1.807) is 17.0 Å². The zero-order valence-electron chi connectivity index (χ0n) is 19.2. The number of amides is 2. The van der Waals surface area contributed by atoms with E-state index in [1.165, 1.54) is 21.3 Å². The van der Waals surface area contributed by atoms with Gasteiger partial charge in [0.2, 0.25) is 11.7 Å². The van der Waals surface area contributed by atoms with Crippen LogP contribution in [0.25, 0.3) is 0 Å². The van der Waals surface area contributed by atoms with Gasteiger partial charge in [0, 0.05) is 50.4 Å². The van der Waals surface area contributed by atoms with Crippen molar-refractivity contribution >= 4 is 17.7 Å². The summed E-state index contributed by atoms with van der Waals surface area (Å²) in [5.41, 5.74) is 0.578. The molecule has 2 amide bonds. The molecular weight excluding hydrogens is 402 g/mol. The minimum Gasteiger partial charge on any atom is -0.493 e. The monoisotopic (exact) mass is 437 g/mol. The molecule has 0 aliphatic carbocycles. The highest BCUT2D eigenvalue weighted by molar-refractivity contribution is 5.91. The summed E-state index contributed by atoms with van der Waals surface area (Å²) >= 11 is 0. The number of carbonyl (C=O) groups excluding carboxylic acids is 2. The minimum absolute atomic E-state index is 0.105. The Morgan fingerprint density at radius 3 is 2.26 bits per heavy atom. The third-order valence-corrected chi connectivity index (χ3v) is 4.99. The van der Waals surface area contributed by atoms with Crippen LogP contribution in [-0.4, -0.2) is 82.5 Å². The van der Waals surface area contributed by atoms with Crippen LogP contribution < -0.4 is 19.5 Å². The van der Waals surface area contributed by atoms with Gasteiger partial charge in [-0.15, -0.1) is 0 Å². The van der Waals surface area contributed by atoms with Gasteiger partial charge >= 0.3 is 6.09 Å². The Balaban J connectivity index is 1.84. The number of anilines is 1. The van der Waals surface area contributed by atoms with Crippen LogP contribution in [0.15, 0.2) is 12.1 Å². The Labute approximate surface area is 184 Å². The minimum atomic E-state index is -0.254. The molecule has 2 rings (SSSR count). The molecule has 31 heavy (non-hydrogen) atoms. The molecule has 0 unspecified atom stereocenters. The maximum atomic E-state index is 12.5. The number of hydrogen-bond acceptors (Lipinski definition) is 7. The number of nitrogens with zero attached hydrogens (tertiary/aromatic N) is 2. The molecule has 174 valence electrons. The van der Waals surface area contributed by atoms with Crippen LogP contribution in [0.4, 0.5) is 10.5 Å². The summed E-state index contributed by atoms with van der Waals surface area (Å²) in [5, 5.41) is 2.89. The molecule has 1 saturated heterocycles. The van der Waals surface area contributed by atoms with Crippen molar-refractivity contribution < 1.29 is 28.5 Å². The maximum Gasteiger partial charge on any atom is 0.409 e. The summed E-state index contributed by atoms with van der Waals surface area (Å²) in [4.78, 5) is 28.6. The van der Waals surface area contributed by atoms with E-state index in [0.717, 1.165) is 13.0 Å². The summed E-state index contributed by atoms with van der Waals surface area (Å²) < 4.78 is 21.3. The number of nitrogens with one attached hydrogen (secondary N) is 1. The molecule has 9 nitrogen and oxygen atoms in total. The zero-order chi connectivity index (χ0) is 22.8. The summed E-state index contributed by atoms with van der Waals surface area (Å²) in [6.45, 7) is 7.91. The molecule has 0 spiro atoms. The number of carbonyl (C=O) groups is 2. The number of methoxy groups -OCH3 is 3. The van der Waals surface area contributed by atoms with Crippen LogP contribution in [0.1, 0.15) is 26.7 Å². The molecule has 1 N–H and O–H groups in total. The van der Waals surface area contributed by atoms with Crippen molar-refractivity contribution in [2.24, 2.45) is 5.92 Å². The van der Waals surface area contributed by atoms with Crippen molar-refractivity contribution in [3.63, 3.8) is 0 Å². The molecule has 0 radical (unpaired) electrons. The first kappa shape index (κ1) is 24.6. The van der Waals surface area contributed by atoms with E-state index in [0.29, 0.717) is 68.1 Å². The van der Waals surface area contributed by atoms with Gasteiger partial charge in [-0.3, -0.25) is 4.79 Å². The Morgan fingerprint density at radius 1 is 1.00 bits per heavy atom. The Morgan fingerprint density at radius 2 is 1.68 bits per heavy atom. The molecule has 0 aromatic heterocycles. The highest BCUT2D eigenvalue weighted by Crippen LogP contribution is 2.39. The smallest absolute Gasteiger partial charge is 0.409 e. The van der Waals surface area contributed by atoms with Crippen molar-refractivity contribution in [3.05, 3.63) is 12.1 Å². The largest absolute Gasteiger partial charge is 0.493 e. The van der Waals surface area contributed by atoms with Gasteiger partial charge in [0.05, 0.1) is 27.9 Å². The van der Waals surface area contributed by atoms with Gasteiger partial charge in [0.15, 0.2) is 11.5 Å². The van der Waals surface area contributed by atoms with Crippen molar-refractivity contribution in [1.29, 1.82) is 0 Å². The number of hydrogen-bond donors (Lipinski definition) is 1. The molecule has 1 aliphatic rings. The quantitative estimate of drug-likeness (QED) is 0.635. The van der Waals surface area contributed by atoms with E-state index in [2.05, 4.69) is 10.2 Å². The fourth-order valence-corrected chi connectivity index (χ4v) is 3.34. The maximum absolute atomic E-state index is 12.5. The molecule has 1 fully saturated rings. The average Bonchev–Trinajstić information content (AvgIpc) is 3.01. The second-order valence-electron chi connectivity index (χ2n) is 7.87. The molecule has 1 heterocycles. The second kappa shape index (κ2) is 12.2. The first-order valence-electron chi connectivity index (χ1n) is 10.6. The lowest BCUT2D eigenvalue weighted by Gasteiger charge is -2.22. The summed E-state index contributed by atoms with van der Waals surface area (Å²) in [7, 11) is 4.60. The standard InChI is InChI=1S/C22H35N3O6/c1-16(2)15-31-22(27)25-9-6-8-24(11-12-25)10-7-20(26)23-17-13-18(28-3)21(30-5)19(14-17)29-4/h13-14,16H,6-12,15H2,1-5H3,(H,23,26). The fraction of sp³-hybridized carbons (Fsp3) is 0.636. The van der Waals surface area contributed by atoms with E-state index in [4.69, 9.17) is 18.9 Å². The molecule has 1 aliphatic heterocycles. The second-order valence-corrected chi connectivity index (χ2v) is 7.87. The molecule has 0 bridgehead atoms. The van der Waals surface area contributed by atoms with Crippen LogP contribution in [0, 0.1) is 5.92 Å². The van der Waals surface area contributed by atoms with E-state index in [1.807, 2.05) is 13.8 Å². The van der Waals surface area contributed by atoms with Gasteiger partial charge in [-0.05, 0) is 18.9 Å². The first-order chi connectivity index (χ1) is 14.9. The number of rotatable bonds is 9. The van der Waals surface area contributed by atoms with Gasteiger partial charge in [0.1, 0.15) is 0 Å². The highest BCUT2D eigenvalue weighted by Gasteiger charge is 2.21. The lowest BCUT2D eigenvalue weighted by molar-refractivity contribution is -0.116. The van der Waals surface area contributed by atoms with E-state index in [-0.39, 0.29) is 12.0 Å². The summed E-state index contributed by atoms with van der Waals surface area (Å²) in [6.07, 6.45) is 0.940. The predicted octanol–water partition coefficient (Wildman–Crippen LogP) is 2.84. The van der Waals surface area contributed by atoms with E-state index in [9.17, 15) is 9.59 Å². The van der Waals surface area contributed by atoms with Gasteiger partial charge in [0.25, 0.3) is 0 Å². The van der Waals surface area contributed by atoms with Crippen LogP contribution in [0.5, 0.6) is 17.2 Å². The Hall–Kier alpha value is -2.68. The number of benzene rings is 1. The number of ether oxygens (including phenoxy) is 4. The van der Waals surface area contributed by atoms with Crippen molar-refractivity contribution in [2.45, 2.75) is 26.7 Å². The third-order valence-electron chi connectivity index (χ3n) is 4.99. The van der Waals surface area contributed by atoms with E-state index < -0.39 is 0 Å². The predicted molar refractivity (Wildman–Crippen MR) is 118 cm³/mol. The normalized spacial score (nSPS) is 14.7. The van der Waals surface area contributed by atoms with Gasteiger partial charge in [-0.2, -0.15) is 0 Å². The highest BCUT2D eigenvalue weighted by atomic mass is 16.6. The van der Waals surface area contributed by atoms with Crippen LogP contribution in [0.2, 0.25) is 0 Å². The van der Waals surface area contributed by atoms with Gasteiger partial charge < -0.3 is 34.1 Å². The third kappa shape index (κ3) is 7.50. The zero-order valence-corrected chi connectivity index (χ0v) is 19.2. The van der Waals surface area contributed by atoms with Crippen LogP contribution >= 0.6 is 0 Å². The molecule has 1 aromatic carbocycles. The Bertz CT molecular complexity index is 715. The van der Waals surface area contributed by atoms with Crippen molar-refractivity contribution in [2.75, 3.05) is 66.0 Å². The summed E-state index contributed by atoms with van der Waals surface area (Å²) in [5.74, 6) is 1.65. The lowest BCUT2D eigenvalue weighted by Crippen LogP contribution is -2.36. The lowest BCUT2D eigenvalue weighted by atomic mass is 10.2. The van der Waals surface area contributed by atoms with E-state index >= 15 is 0 Å². The molecule has 1 aromatic rings. The summed E-state index contributed by atoms with van der Waals surface area (Å²) in [6, 6.07) is 3.40. The van der Waals surface area contributed by atoms with Crippen molar-refractivity contribution in [1.82, 2.24) is 9.80 Å². The molecule has 0 saturated carbocycles. The van der Waals surface area contributed by atoms with Gasteiger partial charge in [-0.1, -0.05) is 13.8 Å². The Kier molecular flexibility index (Phi) is 9.71. The molecular formula is C22H35N3O6. The fourth-order valence-electron chi connectivity index (χ4n) is 3.34. The van der Waals surface area contributed by atoms with Crippen LogP contribution in [-0.2, 0) is 9.53 Å². The van der Waals surface area contributed by atoms with Crippen LogP contribution in [0.3, 0.4) is 0 Å².